The Labute approximate surface area is 124 Å². The molecule has 5 heteroatoms. The summed E-state index contributed by atoms with van der Waals surface area (Å²) < 4.78 is 15.5. The molecule has 0 spiro atoms. The van der Waals surface area contributed by atoms with Crippen LogP contribution < -0.4 is 5.32 Å². The van der Waals surface area contributed by atoms with E-state index in [1.165, 1.54) is 6.07 Å². The summed E-state index contributed by atoms with van der Waals surface area (Å²) in [4.78, 5) is 16.6. The quantitative estimate of drug-likeness (QED) is 0.940. The van der Waals surface area contributed by atoms with Gasteiger partial charge in [0.15, 0.2) is 0 Å². The molecule has 1 aromatic carbocycles. The number of aryl methyl sites for hydroxylation is 2. The number of nitrogens with zero attached hydrogens (tertiary/aromatic N) is 2. The van der Waals surface area contributed by atoms with Crippen LogP contribution in [0.1, 0.15) is 41.6 Å². The number of hydrogen-bond donors (Lipinski definition) is 1. The summed E-state index contributed by atoms with van der Waals surface area (Å²) in [5, 5.41) is 2.93. The van der Waals surface area contributed by atoms with Gasteiger partial charge in [-0.2, -0.15) is 0 Å². The summed E-state index contributed by atoms with van der Waals surface area (Å²) in [6.45, 7) is 5.69. The lowest BCUT2D eigenvalue weighted by Gasteiger charge is -2.22. The summed E-state index contributed by atoms with van der Waals surface area (Å²) >= 11 is 0. The normalized spacial score (nSPS) is 12.5. The molecule has 1 atom stereocenters. The molecule has 0 bridgehead atoms. The molecule has 1 heterocycles. The first-order valence-electron chi connectivity index (χ1n) is 6.94. The van der Waals surface area contributed by atoms with Crippen LogP contribution in [0.15, 0.2) is 30.6 Å². The van der Waals surface area contributed by atoms with Gasteiger partial charge in [0.1, 0.15) is 11.6 Å². The minimum Gasteiger partial charge on any atom is -0.342 e. The van der Waals surface area contributed by atoms with Gasteiger partial charge in [0.05, 0.1) is 6.04 Å². The highest BCUT2D eigenvalue weighted by molar-refractivity contribution is 5.94. The average molecular weight is 289 g/mol. The average Bonchev–Trinajstić information content (AvgIpc) is 2.84. The van der Waals surface area contributed by atoms with Crippen molar-refractivity contribution in [2.45, 2.75) is 26.8 Å². The zero-order valence-corrected chi connectivity index (χ0v) is 12.7. The number of halogens is 1. The van der Waals surface area contributed by atoms with E-state index in [9.17, 15) is 9.18 Å². The summed E-state index contributed by atoms with van der Waals surface area (Å²) in [6.07, 6.45) is 3.53. The van der Waals surface area contributed by atoms with Gasteiger partial charge in [0.25, 0.3) is 5.91 Å². The SMILES string of the molecule is Cc1ccc(C(=O)N[C@H](c2nccn2C)C(C)C)cc1F. The Hall–Kier alpha value is -2.17. The Kier molecular flexibility index (Phi) is 4.40. The van der Waals surface area contributed by atoms with Gasteiger partial charge in [-0.15, -0.1) is 0 Å². The van der Waals surface area contributed by atoms with Gasteiger partial charge in [0.2, 0.25) is 0 Å². The fraction of sp³-hybridized carbons (Fsp3) is 0.375. The molecular weight excluding hydrogens is 269 g/mol. The van der Waals surface area contributed by atoms with E-state index in [0.717, 1.165) is 5.82 Å². The lowest BCUT2D eigenvalue weighted by molar-refractivity contribution is 0.0922. The molecule has 1 aromatic heterocycles. The van der Waals surface area contributed by atoms with Gasteiger partial charge in [0, 0.05) is 25.0 Å². The lowest BCUT2D eigenvalue weighted by Crippen LogP contribution is -2.33. The Morgan fingerprint density at radius 1 is 1.38 bits per heavy atom. The van der Waals surface area contributed by atoms with Gasteiger partial charge < -0.3 is 9.88 Å². The predicted molar refractivity (Wildman–Crippen MR) is 79.4 cm³/mol. The minimum atomic E-state index is -0.374. The summed E-state index contributed by atoms with van der Waals surface area (Å²) in [5.74, 6) is 0.285. The Bertz CT molecular complexity index is 649. The Balaban J connectivity index is 2.23. The maximum atomic E-state index is 13.6. The van der Waals surface area contributed by atoms with E-state index in [0.29, 0.717) is 11.1 Å². The number of benzene rings is 1. The van der Waals surface area contributed by atoms with E-state index in [-0.39, 0.29) is 23.7 Å². The van der Waals surface area contributed by atoms with Gasteiger partial charge in [-0.05, 0) is 30.5 Å². The van der Waals surface area contributed by atoms with E-state index in [4.69, 9.17) is 0 Å². The van der Waals surface area contributed by atoms with Crippen LogP contribution in [0.5, 0.6) is 0 Å². The third-order valence-electron chi connectivity index (χ3n) is 3.52. The van der Waals surface area contributed by atoms with Gasteiger partial charge >= 0.3 is 0 Å². The van der Waals surface area contributed by atoms with Gasteiger partial charge in [-0.3, -0.25) is 4.79 Å². The third kappa shape index (κ3) is 3.29. The van der Waals surface area contributed by atoms with Crippen molar-refractivity contribution >= 4 is 5.91 Å². The van der Waals surface area contributed by atoms with Crippen molar-refractivity contribution in [1.29, 1.82) is 0 Å². The number of rotatable bonds is 4. The first-order chi connectivity index (χ1) is 9.90. The third-order valence-corrected chi connectivity index (χ3v) is 3.52. The van der Waals surface area contributed by atoms with Crippen molar-refractivity contribution in [1.82, 2.24) is 14.9 Å². The zero-order chi connectivity index (χ0) is 15.6. The maximum absolute atomic E-state index is 13.6. The molecule has 1 amide bonds. The monoisotopic (exact) mass is 289 g/mol. The molecule has 2 aromatic rings. The van der Waals surface area contributed by atoms with Crippen molar-refractivity contribution in [3.8, 4) is 0 Å². The van der Waals surface area contributed by atoms with E-state index >= 15 is 0 Å². The standard InChI is InChI=1S/C16H20FN3O/c1-10(2)14(15-18-7-8-20(15)4)19-16(21)12-6-5-11(3)13(17)9-12/h5-10,14H,1-4H3,(H,19,21)/t14-/m0/s1. The number of carbonyl (C=O) groups is 1. The highest BCUT2D eigenvalue weighted by Crippen LogP contribution is 2.20. The summed E-state index contributed by atoms with van der Waals surface area (Å²) in [5.41, 5.74) is 0.842. The molecule has 0 aliphatic heterocycles. The van der Waals surface area contributed by atoms with Crippen LogP contribution in [0.4, 0.5) is 4.39 Å². The highest BCUT2D eigenvalue weighted by atomic mass is 19.1. The number of hydrogen-bond acceptors (Lipinski definition) is 2. The van der Waals surface area contributed by atoms with E-state index < -0.39 is 0 Å². The van der Waals surface area contributed by atoms with Crippen LogP contribution >= 0.6 is 0 Å². The fourth-order valence-corrected chi connectivity index (χ4v) is 2.16. The Morgan fingerprint density at radius 3 is 2.62 bits per heavy atom. The van der Waals surface area contributed by atoms with E-state index in [2.05, 4.69) is 10.3 Å². The second-order valence-electron chi connectivity index (χ2n) is 5.56. The molecule has 2 rings (SSSR count). The first-order valence-corrected chi connectivity index (χ1v) is 6.94. The zero-order valence-electron chi connectivity index (χ0n) is 12.7. The molecule has 1 N–H and O–H groups in total. The number of carbonyl (C=O) groups excluding carboxylic acids is 1. The van der Waals surface area contributed by atoms with Crippen LogP contribution in [0.2, 0.25) is 0 Å². The van der Waals surface area contributed by atoms with E-state index in [1.54, 1.807) is 25.3 Å². The van der Waals surface area contributed by atoms with Crippen molar-refractivity contribution in [3.05, 3.63) is 53.4 Å². The topological polar surface area (TPSA) is 46.9 Å². The maximum Gasteiger partial charge on any atom is 0.251 e. The fourth-order valence-electron chi connectivity index (χ4n) is 2.16. The van der Waals surface area contributed by atoms with Crippen molar-refractivity contribution in [2.24, 2.45) is 13.0 Å². The van der Waals surface area contributed by atoms with Crippen LogP contribution in [-0.2, 0) is 7.05 Å². The van der Waals surface area contributed by atoms with E-state index in [1.807, 2.05) is 31.7 Å². The van der Waals surface area contributed by atoms with Crippen LogP contribution in [0.3, 0.4) is 0 Å². The molecule has 0 unspecified atom stereocenters. The number of aromatic nitrogens is 2. The van der Waals surface area contributed by atoms with Crippen LogP contribution in [0, 0.1) is 18.7 Å². The molecule has 0 aliphatic carbocycles. The lowest BCUT2D eigenvalue weighted by atomic mass is 10.0. The number of amides is 1. The molecule has 0 fully saturated rings. The summed E-state index contributed by atoms with van der Waals surface area (Å²) in [7, 11) is 1.88. The Morgan fingerprint density at radius 2 is 2.10 bits per heavy atom. The molecule has 0 aliphatic rings. The van der Waals surface area contributed by atoms with Gasteiger partial charge in [-0.1, -0.05) is 19.9 Å². The molecule has 0 radical (unpaired) electrons. The molecule has 112 valence electrons. The molecule has 0 saturated carbocycles. The minimum absolute atomic E-state index is 0.172. The molecule has 0 saturated heterocycles. The van der Waals surface area contributed by atoms with Gasteiger partial charge in [-0.25, -0.2) is 9.37 Å². The number of nitrogens with one attached hydrogen (secondary N) is 1. The first kappa shape index (κ1) is 15.2. The predicted octanol–water partition coefficient (Wildman–Crippen LogP) is 2.99. The number of imidazole rings is 1. The smallest absolute Gasteiger partial charge is 0.251 e. The second kappa shape index (κ2) is 6.08. The largest absolute Gasteiger partial charge is 0.342 e. The van der Waals surface area contributed by atoms with Crippen LogP contribution in [-0.4, -0.2) is 15.5 Å². The molecule has 4 nitrogen and oxygen atoms in total. The summed E-state index contributed by atoms with van der Waals surface area (Å²) in [6, 6.07) is 4.28. The second-order valence-corrected chi connectivity index (χ2v) is 5.56. The van der Waals surface area contributed by atoms with Crippen molar-refractivity contribution in [2.75, 3.05) is 0 Å². The highest BCUT2D eigenvalue weighted by Gasteiger charge is 2.22. The van der Waals surface area contributed by atoms with Crippen LogP contribution in [0.25, 0.3) is 0 Å². The van der Waals surface area contributed by atoms with Crippen molar-refractivity contribution in [3.63, 3.8) is 0 Å². The molecule has 21 heavy (non-hydrogen) atoms. The van der Waals surface area contributed by atoms with Crippen molar-refractivity contribution < 1.29 is 9.18 Å². The molecular formula is C16H20FN3O.